The van der Waals surface area contributed by atoms with Gasteiger partial charge in [0.25, 0.3) is 0 Å². The number of rotatable bonds is 5. The molecule has 0 aromatic heterocycles. The number of carbonyl (C=O) groups is 4. The summed E-state index contributed by atoms with van der Waals surface area (Å²) < 4.78 is 5.63. The molecule has 0 saturated carbocycles. The van der Waals surface area contributed by atoms with Gasteiger partial charge in [-0.05, 0) is 25.3 Å². The summed E-state index contributed by atoms with van der Waals surface area (Å²) in [7, 11) is 0. The van der Waals surface area contributed by atoms with Crippen molar-refractivity contribution in [1.82, 2.24) is 10.2 Å². The second kappa shape index (κ2) is 7.29. The van der Waals surface area contributed by atoms with Gasteiger partial charge in [0.15, 0.2) is 0 Å². The zero-order valence-electron chi connectivity index (χ0n) is 16.7. The second-order valence-corrected chi connectivity index (χ2v) is 9.01. The molecule has 0 radical (unpaired) electrons. The van der Waals surface area contributed by atoms with Crippen molar-refractivity contribution < 1.29 is 23.9 Å². The quantitative estimate of drug-likeness (QED) is 0.565. The number of primary amides is 1. The summed E-state index contributed by atoms with van der Waals surface area (Å²) in [6, 6.07) is 4.55. The number of anilines is 1. The van der Waals surface area contributed by atoms with Gasteiger partial charge in [-0.15, -0.1) is 0 Å². The topological polar surface area (TPSA) is 131 Å². The third-order valence-electron chi connectivity index (χ3n) is 6.90. The van der Waals surface area contributed by atoms with E-state index >= 15 is 0 Å². The van der Waals surface area contributed by atoms with Crippen molar-refractivity contribution in [3.8, 4) is 0 Å². The molecule has 0 aliphatic carbocycles. The molecule has 1 aromatic rings. The summed E-state index contributed by atoms with van der Waals surface area (Å²) >= 11 is 6.30. The van der Waals surface area contributed by atoms with Crippen LogP contribution in [-0.4, -0.2) is 53.8 Å². The van der Waals surface area contributed by atoms with Gasteiger partial charge >= 0.3 is 0 Å². The maximum absolute atomic E-state index is 13.6. The van der Waals surface area contributed by atoms with Crippen molar-refractivity contribution in [2.75, 3.05) is 18.5 Å². The Morgan fingerprint density at radius 2 is 2.10 bits per heavy atom. The molecule has 4 aliphatic rings. The summed E-state index contributed by atoms with van der Waals surface area (Å²) in [5.41, 5.74) is 4.89. The molecule has 10 heteroatoms. The molecule has 164 valence electrons. The Balaban J connectivity index is 1.57. The van der Waals surface area contributed by atoms with E-state index in [1.807, 2.05) is 0 Å². The van der Waals surface area contributed by atoms with Gasteiger partial charge < -0.3 is 15.8 Å². The normalized spacial score (nSPS) is 33.8. The van der Waals surface area contributed by atoms with Crippen LogP contribution in [0.15, 0.2) is 18.2 Å². The Bertz CT molecular complexity index is 994. The highest BCUT2D eigenvalue weighted by molar-refractivity contribution is 6.35. The molecule has 3 fully saturated rings. The van der Waals surface area contributed by atoms with Crippen LogP contribution in [0, 0.1) is 11.8 Å². The van der Waals surface area contributed by atoms with Gasteiger partial charge in [0, 0.05) is 24.6 Å². The van der Waals surface area contributed by atoms with Gasteiger partial charge in [-0.1, -0.05) is 23.7 Å². The van der Waals surface area contributed by atoms with Crippen molar-refractivity contribution in [1.29, 1.82) is 0 Å². The number of nitrogens with zero attached hydrogens (tertiary/aromatic N) is 1. The van der Waals surface area contributed by atoms with E-state index in [0.717, 1.165) is 12.8 Å². The third kappa shape index (κ3) is 2.90. The number of hydrogen-bond donors (Lipinski definition) is 3. The van der Waals surface area contributed by atoms with Crippen molar-refractivity contribution in [2.24, 2.45) is 17.6 Å². The number of para-hydroxylation sites is 1. The smallest absolute Gasteiger partial charge is 0.250 e. The highest BCUT2D eigenvalue weighted by Crippen LogP contribution is 2.54. The molecule has 1 aromatic carbocycles. The van der Waals surface area contributed by atoms with Crippen LogP contribution in [0.1, 0.15) is 31.2 Å². The van der Waals surface area contributed by atoms with E-state index in [4.69, 9.17) is 22.1 Å². The Kier molecular flexibility index (Phi) is 4.80. The largest absolute Gasteiger partial charge is 0.376 e. The minimum absolute atomic E-state index is 0.0359. The number of ether oxygens (including phenoxy) is 1. The van der Waals surface area contributed by atoms with Crippen LogP contribution in [0.4, 0.5) is 5.69 Å². The van der Waals surface area contributed by atoms with Gasteiger partial charge in [-0.25, -0.2) is 0 Å². The zero-order valence-corrected chi connectivity index (χ0v) is 17.5. The maximum Gasteiger partial charge on any atom is 0.250 e. The van der Waals surface area contributed by atoms with Crippen LogP contribution in [0.25, 0.3) is 0 Å². The lowest BCUT2D eigenvalue weighted by Crippen LogP contribution is -2.53. The second-order valence-electron chi connectivity index (χ2n) is 8.61. The van der Waals surface area contributed by atoms with E-state index < -0.39 is 41.1 Å². The predicted octanol–water partition coefficient (Wildman–Crippen LogP) is 0.505. The minimum Gasteiger partial charge on any atom is -0.376 e. The van der Waals surface area contributed by atoms with Gasteiger partial charge in [0.2, 0.25) is 23.6 Å². The first-order valence-corrected chi connectivity index (χ1v) is 10.9. The first-order valence-electron chi connectivity index (χ1n) is 10.5. The number of imide groups is 1. The van der Waals surface area contributed by atoms with E-state index in [-0.39, 0.29) is 31.4 Å². The van der Waals surface area contributed by atoms with Crippen LogP contribution in [0.3, 0.4) is 0 Å². The lowest BCUT2D eigenvalue weighted by atomic mass is 9.76. The highest BCUT2D eigenvalue weighted by atomic mass is 35.5. The van der Waals surface area contributed by atoms with Gasteiger partial charge in [0.05, 0.1) is 35.2 Å². The summed E-state index contributed by atoms with van der Waals surface area (Å²) in [6.45, 7) is 0.780. The number of nitrogens with one attached hydrogen (secondary N) is 2. The number of fused-ring (bicyclic) bond motifs is 4. The van der Waals surface area contributed by atoms with Gasteiger partial charge in [-0.2, -0.15) is 0 Å². The number of hydrogen-bond acceptors (Lipinski definition) is 6. The predicted molar refractivity (Wildman–Crippen MR) is 110 cm³/mol. The average molecular weight is 447 g/mol. The van der Waals surface area contributed by atoms with Gasteiger partial charge in [-0.3, -0.25) is 29.4 Å². The van der Waals surface area contributed by atoms with E-state index in [1.54, 1.807) is 18.2 Å². The van der Waals surface area contributed by atoms with Crippen molar-refractivity contribution in [3.63, 3.8) is 0 Å². The number of amides is 4. The molecule has 0 bridgehead atoms. The van der Waals surface area contributed by atoms with Crippen molar-refractivity contribution in [2.45, 2.75) is 43.4 Å². The first kappa shape index (κ1) is 20.4. The molecule has 1 spiro atoms. The fourth-order valence-electron chi connectivity index (χ4n) is 5.57. The van der Waals surface area contributed by atoms with E-state index in [1.165, 1.54) is 4.90 Å². The van der Waals surface area contributed by atoms with Crippen molar-refractivity contribution >= 4 is 40.9 Å². The monoisotopic (exact) mass is 446 g/mol. The molecule has 4 amide bonds. The maximum atomic E-state index is 13.6. The molecule has 4 heterocycles. The lowest BCUT2D eigenvalue weighted by Gasteiger charge is -2.30. The molecule has 3 saturated heterocycles. The number of nitrogens with two attached hydrogens (primary N) is 1. The van der Waals surface area contributed by atoms with E-state index in [9.17, 15) is 19.2 Å². The van der Waals surface area contributed by atoms with Crippen LogP contribution in [0.2, 0.25) is 5.02 Å². The molecule has 4 N–H and O–H groups in total. The molecule has 5 rings (SSSR count). The standard InChI is InChI=1S/C21H23ClN4O5/c22-12-5-1-4-11-17(12)24-20(30)21(11)16-15(13(25-21)6-7-14(23)27)18(28)26(19(16)29)9-10-3-2-8-31-10/h1,4-5,10,13,15-16,25H,2-3,6-9H2,(H2,23,27)(H,24,30)/t10-,13-,15+,16-,21-/m0/s1. The Morgan fingerprint density at radius 1 is 1.29 bits per heavy atom. The minimum atomic E-state index is -1.43. The zero-order chi connectivity index (χ0) is 21.9. The molecular formula is C21H23ClN4O5. The van der Waals surface area contributed by atoms with E-state index in [2.05, 4.69) is 10.6 Å². The van der Waals surface area contributed by atoms with Crippen LogP contribution < -0.4 is 16.4 Å². The summed E-state index contributed by atoms with van der Waals surface area (Å²) in [4.78, 5) is 52.9. The summed E-state index contributed by atoms with van der Waals surface area (Å²) in [5, 5.41) is 6.40. The molecule has 4 aliphatic heterocycles. The molecule has 31 heavy (non-hydrogen) atoms. The first-order chi connectivity index (χ1) is 14.8. The Hall–Kier alpha value is -2.49. The molecular weight excluding hydrogens is 424 g/mol. The number of likely N-dealkylation sites (tertiary alicyclic amines) is 1. The fourth-order valence-corrected chi connectivity index (χ4v) is 5.79. The number of benzene rings is 1. The Morgan fingerprint density at radius 3 is 2.81 bits per heavy atom. The highest BCUT2D eigenvalue weighted by Gasteiger charge is 2.70. The van der Waals surface area contributed by atoms with Crippen molar-refractivity contribution in [3.05, 3.63) is 28.8 Å². The number of halogens is 1. The van der Waals surface area contributed by atoms with E-state index in [0.29, 0.717) is 22.9 Å². The molecule has 9 nitrogen and oxygen atoms in total. The van der Waals surface area contributed by atoms with Crippen LogP contribution in [-0.2, 0) is 29.5 Å². The molecule has 5 atom stereocenters. The Labute approximate surface area is 183 Å². The SMILES string of the molecule is NC(=O)CC[C@@H]1N[C@]2(C(=O)Nc3c(Cl)cccc32)[C@@H]2C(=O)N(C[C@@H]3CCCO3)C(=O)[C@H]12. The average Bonchev–Trinajstić information content (AvgIpc) is 3.47. The third-order valence-corrected chi connectivity index (χ3v) is 7.22. The summed E-state index contributed by atoms with van der Waals surface area (Å²) in [5.74, 6) is -3.38. The molecule has 0 unspecified atom stereocenters. The summed E-state index contributed by atoms with van der Waals surface area (Å²) in [6.07, 6.45) is 1.75. The van der Waals surface area contributed by atoms with Crippen LogP contribution >= 0.6 is 11.6 Å². The fraction of sp³-hybridized carbons (Fsp3) is 0.524. The van der Waals surface area contributed by atoms with Gasteiger partial charge in [0.1, 0.15) is 5.54 Å². The lowest BCUT2D eigenvalue weighted by molar-refractivity contribution is -0.144. The number of carbonyl (C=O) groups excluding carboxylic acids is 4. The van der Waals surface area contributed by atoms with Crippen LogP contribution in [0.5, 0.6) is 0 Å².